The molecule has 2 aliphatic heterocycles. The van der Waals surface area contributed by atoms with E-state index in [4.69, 9.17) is 4.74 Å². The van der Waals surface area contributed by atoms with Crippen molar-refractivity contribution in [2.45, 2.75) is 51.5 Å². The van der Waals surface area contributed by atoms with Crippen molar-refractivity contribution >= 4 is 22.5 Å². The number of fused-ring (bicyclic) bond motifs is 1. The van der Waals surface area contributed by atoms with E-state index in [0.717, 1.165) is 11.1 Å². The van der Waals surface area contributed by atoms with Crippen LogP contribution in [0.5, 0.6) is 0 Å². The van der Waals surface area contributed by atoms with Crippen LogP contribution < -0.4 is 10.2 Å². The Bertz CT molecular complexity index is 1000. The van der Waals surface area contributed by atoms with Crippen molar-refractivity contribution in [3.8, 4) is 6.07 Å². The van der Waals surface area contributed by atoms with Crippen molar-refractivity contribution in [2.24, 2.45) is 0 Å². The number of ether oxygens (including phenoxy) is 1. The number of nitriles is 1. The number of hydrogen-bond donors (Lipinski definition) is 1. The third kappa shape index (κ3) is 5.75. The molecule has 0 saturated carbocycles. The van der Waals surface area contributed by atoms with Gasteiger partial charge in [-0.3, -0.25) is 4.79 Å². The highest BCUT2D eigenvalue weighted by molar-refractivity contribution is 5.95. The molecule has 2 fully saturated rings. The molecule has 2 unspecified atom stereocenters. The number of piperidine rings is 1. The molecule has 0 bridgehead atoms. The Morgan fingerprint density at radius 1 is 1.33 bits per heavy atom. The highest BCUT2D eigenvalue weighted by Gasteiger charge is 2.36. The van der Waals surface area contributed by atoms with Crippen molar-refractivity contribution in [1.82, 2.24) is 20.2 Å². The number of halogens is 1. The fourth-order valence-electron chi connectivity index (χ4n) is 4.28. The Labute approximate surface area is 194 Å². The van der Waals surface area contributed by atoms with E-state index in [1.165, 1.54) is 6.33 Å². The number of carbonyl (C=O) groups is 1. The average molecular weight is 457 g/mol. The van der Waals surface area contributed by atoms with Crippen LogP contribution in [0.2, 0.25) is 0 Å². The van der Waals surface area contributed by atoms with E-state index in [0.29, 0.717) is 50.1 Å². The summed E-state index contributed by atoms with van der Waals surface area (Å²) >= 11 is 0. The van der Waals surface area contributed by atoms with Crippen molar-refractivity contribution < 1.29 is 13.9 Å². The lowest BCUT2D eigenvalue weighted by molar-refractivity contribution is -0.138. The molecule has 33 heavy (non-hydrogen) atoms. The lowest BCUT2D eigenvalue weighted by Gasteiger charge is -2.39. The maximum atomic E-state index is 15.0. The van der Waals surface area contributed by atoms with Gasteiger partial charge in [-0.2, -0.15) is 5.26 Å². The molecule has 2 aromatic rings. The van der Waals surface area contributed by atoms with Crippen molar-refractivity contribution in [1.29, 1.82) is 5.26 Å². The van der Waals surface area contributed by atoms with E-state index < -0.39 is 11.8 Å². The molecule has 0 radical (unpaired) electrons. The van der Waals surface area contributed by atoms with E-state index in [1.807, 2.05) is 38.8 Å². The molecule has 2 saturated heterocycles. The number of aromatic nitrogens is 2. The molecule has 1 aromatic heterocycles. The standard InChI is InChI=1S/C22H27FN6O2.C2H6/c1-15-11-29(18-4-3-16(9-24)20-17(18)10-25-14-27-20)12-19(31-15)21(30)26-13-22(23)5-7-28(2)8-6-22;1-2/h3-4,10,14-15,19H,5-8,11-13H2,1-2H3,(H,26,30);1-2H3. The molecule has 1 amide bonds. The van der Waals surface area contributed by atoms with Gasteiger partial charge in [-0.05, 0) is 38.9 Å². The highest BCUT2D eigenvalue weighted by Crippen LogP contribution is 2.30. The van der Waals surface area contributed by atoms with Gasteiger partial charge < -0.3 is 19.9 Å². The second-order valence-corrected chi connectivity index (χ2v) is 8.54. The largest absolute Gasteiger partial charge is 0.365 e. The van der Waals surface area contributed by atoms with Crippen LogP contribution in [-0.2, 0) is 9.53 Å². The molecule has 3 heterocycles. The Morgan fingerprint density at radius 2 is 2.06 bits per heavy atom. The van der Waals surface area contributed by atoms with Crippen LogP contribution in [0.25, 0.3) is 10.9 Å². The van der Waals surface area contributed by atoms with Crippen LogP contribution in [-0.4, -0.2) is 78.4 Å². The van der Waals surface area contributed by atoms with Crippen LogP contribution in [0.3, 0.4) is 0 Å². The molecule has 9 heteroatoms. The smallest absolute Gasteiger partial charge is 0.251 e. The molecule has 2 aliphatic rings. The Balaban J connectivity index is 0.00000149. The quantitative estimate of drug-likeness (QED) is 0.756. The van der Waals surface area contributed by atoms with E-state index in [-0.39, 0.29) is 18.6 Å². The fourth-order valence-corrected chi connectivity index (χ4v) is 4.28. The van der Waals surface area contributed by atoms with Crippen molar-refractivity contribution in [3.63, 3.8) is 0 Å². The van der Waals surface area contributed by atoms with E-state index >= 15 is 4.39 Å². The van der Waals surface area contributed by atoms with E-state index in [2.05, 4.69) is 26.3 Å². The van der Waals surface area contributed by atoms with E-state index in [1.54, 1.807) is 12.3 Å². The van der Waals surface area contributed by atoms with E-state index in [9.17, 15) is 10.1 Å². The molecular formula is C24H33FN6O2. The number of carbonyl (C=O) groups excluding carboxylic acids is 1. The lowest BCUT2D eigenvalue weighted by atomic mass is 9.93. The minimum Gasteiger partial charge on any atom is -0.365 e. The SMILES string of the molecule is CC.CC1CN(c2ccc(C#N)c3ncncc23)CC(C(=O)NCC2(F)CCN(C)CC2)O1. The molecule has 1 aromatic carbocycles. The molecule has 178 valence electrons. The van der Waals surface area contributed by atoms with Crippen molar-refractivity contribution in [2.75, 3.05) is 44.7 Å². The minimum absolute atomic E-state index is 0.00154. The Hall–Kier alpha value is -2.83. The number of nitrogens with one attached hydrogen (secondary N) is 1. The van der Waals surface area contributed by atoms with Crippen LogP contribution in [0, 0.1) is 11.3 Å². The molecule has 8 nitrogen and oxygen atoms in total. The number of hydrogen-bond acceptors (Lipinski definition) is 7. The first-order valence-corrected chi connectivity index (χ1v) is 11.6. The molecule has 2 atom stereocenters. The maximum absolute atomic E-state index is 15.0. The third-order valence-corrected chi connectivity index (χ3v) is 6.13. The first-order valence-electron chi connectivity index (χ1n) is 11.6. The average Bonchev–Trinajstić information content (AvgIpc) is 2.84. The second-order valence-electron chi connectivity index (χ2n) is 8.54. The number of morpholine rings is 1. The summed E-state index contributed by atoms with van der Waals surface area (Å²) in [5.41, 5.74) is 0.530. The summed E-state index contributed by atoms with van der Waals surface area (Å²) < 4.78 is 20.9. The molecule has 0 aliphatic carbocycles. The summed E-state index contributed by atoms with van der Waals surface area (Å²) in [6.45, 7) is 8.19. The van der Waals surface area contributed by atoms with Crippen LogP contribution in [0.4, 0.5) is 10.1 Å². The number of benzene rings is 1. The monoisotopic (exact) mass is 456 g/mol. The van der Waals surface area contributed by atoms with Crippen LogP contribution in [0.1, 0.15) is 39.2 Å². The molecule has 4 rings (SSSR count). The summed E-state index contributed by atoms with van der Waals surface area (Å²) in [7, 11) is 1.97. The number of rotatable bonds is 4. The van der Waals surface area contributed by atoms with Gasteiger partial charge in [-0.1, -0.05) is 13.8 Å². The zero-order chi connectivity index (χ0) is 24.0. The normalized spacial score (nSPS) is 22.7. The van der Waals surface area contributed by atoms with Gasteiger partial charge in [0.15, 0.2) is 6.10 Å². The highest BCUT2D eigenvalue weighted by atomic mass is 19.1. The Kier molecular flexibility index (Phi) is 8.16. The number of nitrogens with zero attached hydrogens (tertiary/aromatic N) is 5. The van der Waals surface area contributed by atoms with Gasteiger partial charge in [-0.15, -0.1) is 0 Å². The first-order chi connectivity index (χ1) is 15.9. The predicted octanol–water partition coefficient (Wildman–Crippen LogP) is 2.67. The lowest BCUT2D eigenvalue weighted by Crippen LogP contribution is -2.55. The van der Waals surface area contributed by atoms with Gasteiger partial charge in [0.2, 0.25) is 0 Å². The van der Waals surface area contributed by atoms with Gasteiger partial charge in [0, 0.05) is 36.9 Å². The molecule has 0 spiro atoms. The maximum Gasteiger partial charge on any atom is 0.251 e. The minimum atomic E-state index is -1.37. The van der Waals surface area contributed by atoms with Crippen LogP contribution in [0.15, 0.2) is 24.7 Å². The predicted molar refractivity (Wildman–Crippen MR) is 126 cm³/mol. The number of amides is 1. The second kappa shape index (κ2) is 10.9. The number of alkyl halides is 1. The zero-order valence-corrected chi connectivity index (χ0v) is 19.8. The summed E-state index contributed by atoms with van der Waals surface area (Å²) in [6.07, 6.45) is 3.02. The van der Waals surface area contributed by atoms with Gasteiger partial charge in [-0.25, -0.2) is 14.4 Å². The Morgan fingerprint density at radius 3 is 2.76 bits per heavy atom. The number of anilines is 1. The van der Waals surface area contributed by atoms with Gasteiger partial charge >= 0.3 is 0 Å². The zero-order valence-electron chi connectivity index (χ0n) is 19.8. The van der Waals surface area contributed by atoms with Crippen molar-refractivity contribution in [3.05, 3.63) is 30.2 Å². The topological polar surface area (TPSA) is 94.4 Å². The third-order valence-electron chi connectivity index (χ3n) is 6.13. The summed E-state index contributed by atoms with van der Waals surface area (Å²) in [5.74, 6) is -0.304. The van der Waals surface area contributed by atoms with Crippen LogP contribution >= 0.6 is 0 Å². The first kappa shape index (κ1) is 24.8. The van der Waals surface area contributed by atoms with Gasteiger partial charge in [0.25, 0.3) is 5.91 Å². The van der Waals surface area contributed by atoms with Gasteiger partial charge in [0.1, 0.15) is 18.1 Å². The summed E-state index contributed by atoms with van der Waals surface area (Å²) in [6, 6.07) is 5.74. The van der Waals surface area contributed by atoms with Gasteiger partial charge in [0.05, 0.1) is 30.3 Å². The fraction of sp³-hybridized carbons (Fsp3) is 0.583. The number of likely N-dealkylation sites (tertiary alicyclic amines) is 1. The molecule has 1 N–H and O–H groups in total. The molecular weight excluding hydrogens is 423 g/mol. The summed E-state index contributed by atoms with van der Waals surface area (Å²) in [5, 5.41) is 12.9. The summed E-state index contributed by atoms with van der Waals surface area (Å²) in [4.78, 5) is 25.3.